The number of carbonyl (C=O) groups excluding carboxylic acids is 6. The largest absolute Gasteiger partial charge is 0.547 e. The van der Waals surface area contributed by atoms with Crippen LogP contribution in [0.5, 0.6) is 0 Å². The summed E-state index contributed by atoms with van der Waals surface area (Å²) < 4.78 is 0. The summed E-state index contributed by atoms with van der Waals surface area (Å²) in [6.07, 6.45) is 17.9. The fraction of sp³-hybridized carbons (Fsp3) is 0.417. The summed E-state index contributed by atoms with van der Waals surface area (Å²) in [5.41, 5.74) is 1.93. The molecule has 58 heavy (non-hydrogen) atoms. The molecule has 324 valence electrons. The number of aliphatic hydroxyl groups is 3. The van der Waals surface area contributed by atoms with Crippen molar-refractivity contribution >= 4 is 54.0 Å². The number of aliphatic carboxylic acids is 6. The molecule has 6 N–H and O–H groups in total. The molecule has 3 heterocycles. The van der Waals surface area contributed by atoms with E-state index in [0.717, 1.165) is 56.8 Å². The van der Waals surface area contributed by atoms with E-state index in [0.29, 0.717) is 36.3 Å². The van der Waals surface area contributed by atoms with E-state index in [1.54, 1.807) is 0 Å². The average Bonchev–Trinajstić information content (AvgIpc) is 3.99. The van der Waals surface area contributed by atoms with Gasteiger partial charge in [0.15, 0.2) is 0 Å². The van der Waals surface area contributed by atoms with Crippen LogP contribution in [-0.4, -0.2) is 99.4 Å². The van der Waals surface area contributed by atoms with Crippen molar-refractivity contribution < 1.29 is 95.8 Å². The number of aromatic nitrogens is 6. The first kappa shape index (κ1) is 58.9. The predicted molar refractivity (Wildman–Crippen MR) is 190 cm³/mol. The normalized spacial score (nSPS) is 11.5. The maximum atomic E-state index is 9.86. The van der Waals surface area contributed by atoms with E-state index in [1.165, 1.54) is 55.8 Å². The first-order valence-electron chi connectivity index (χ1n) is 17.2. The Labute approximate surface area is 348 Å². The number of aromatic amines is 3. The summed E-state index contributed by atoms with van der Waals surface area (Å²) in [6.45, 7) is 5.80. The van der Waals surface area contributed by atoms with Gasteiger partial charge >= 0.3 is 0 Å². The molecule has 22 heteroatoms. The second-order valence-corrected chi connectivity index (χ2v) is 10.9. The molecule has 3 aromatic rings. The van der Waals surface area contributed by atoms with Gasteiger partial charge in [-0.1, -0.05) is 59.3 Å². The Balaban J connectivity index is -0.000000301. The van der Waals surface area contributed by atoms with E-state index in [1.807, 2.05) is 20.8 Å². The Bertz CT molecular complexity index is 1390. The minimum atomic E-state index is -1.37. The fourth-order valence-electron chi connectivity index (χ4n) is 3.09. The van der Waals surface area contributed by atoms with Crippen LogP contribution in [0.3, 0.4) is 0 Å². The zero-order valence-electron chi connectivity index (χ0n) is 32.0. The monoisotopic (exact) mass is 902 g/mol. The molecule has 3 unspecified atom stereocenters. The number of nitrogens with zero attached hydrogens (tertiary/aromatic N) is 3. The van der Waals surface area contributed by atoms with Gasteiger partial charge in [-0.25, -0.2) is 15.0 Å². The third-order valence-electron chi connectivity index (χ3n) is 6.06. The van der Waals surface area contributed by atoms with E-state index < -0.39 is 54.1 Å². The number of carboxylic acid groups (broad SMARTS) is 6. The van der Waals surface area contributed by atoms with Crippen LogP contribution in [0, 0.1) is 0 Å². The van der Waals surface area contributed by atoms with Crippen LogP contribution in [0.4, 0.5) is 0 Å². The van der Waals surface area contributed by atoms with Crippen molar-refractivity contribution in [1.29, 1.82) is 0 Å². The quantitative estimate of drug-likeness (QED) is 0.0516. The van der Waals surface area contributed by atoms with Crippen LogP contribution < -0.4 is 30.6 Å². The molecule has 0 aliphatic carbocycles. The van der Waals surface area contributed by atoms with E-state index >= 15 is 0 Å². The second kappa shape index (κ2) is 39.5. The predicted octanol–water partition coefficient (Wildman–Crippen LogP) is -4.62. The summed E-state index contributed by atoms with van der Waals surface area (Å²) in [7, 11) is 0. The zero-order chi connectivity index (χ0) is 44.0. The number of hydrogen-bond acceptors (Lipinski definition) is 18. The third kappa shape index (κ3) is 41.4. The van der Waals surface area contributed by atoms with Gasteiger partial charge in [-0.3, -0.25) is 0 Å². The molecular formula is C36H48MoN6O15-6. The molecule has 0 spiro atoms. The molecule has 21 nitrogen and oxygen atoms in total. The van der Waals surface area contributed by atoms with Crippen molar-refractivity contribution in [2.24, 2.45) is 0 Å². The molecule has 0 saturated carbocycles. The molecular weight excluding hydrogens is 852 g/mol. The average molecular weight is 901 g/mol. The topological polar surface area (TPSA) is 388 Å². The number of H-pyrrole nitrogens is 3. The van der Waals surface area contributed by atoms with Crippen molar-refractivity contribution in [3.05, 3.63) is 72.9 Å². The van der Waals surface area contributed by atoms with Gasteiger partial charge in [0.25, 0.3) is 0 Å². The van der Waals surface area contributed by atoms with E-state index in [4.69, 9.17) is 15.3 Å². The van der Waals surface area contributed by atoms with Gasteiger partial charge in [0.1, 0.15) is 0 Å². The van der Waals surface area contributed by atoms with Crippen LogP contribution in [0.2, 0.25) is 0 Å². The summed E-state index contributed by atoms with van der Waals surface area (Å²) in [4.78, 5) is 78.3. The summed E-state index contributed by atoms with van der Waals surface area (Å²) in [5, 5.41) is 84.9. The number of imidazole rings is 3. The Morgan fingerprint density at radius 1 is 0.517 bits per heavy atom. The van der Waals surface area contributed by atoms with Gasteiger partial charge in [0.05, 0.1) is 109 Å². The zero-order valence-corrected chi connectivity index (χ0v) is 34.0. The van der Waals surface area contributed by atoms with Crippen molar-refractivity contribution in [1.82, 2.24) is 29.9 Å². The van der Waals surface area contributed by atoms with Crippen LogP contribution >= 0.6 is 0 Å². The molecule has 3 aromatic heterocycles. The smallest absolute Gasteiger partial charge is 0.0933 e. The molecule has 0 aliphatic rings. The van der Waals surface area contributed by atoms with Crippen molar-refractivity contribution in [3.8, 4) is 0 Å². The molecule has 0 fully saturated rings. The molecule has 0 aliphatic heterocycles. The number of carbonyl (C=O) groups is 6. The van der Waals surface area contributed by atoms with Crippen LogP contribution in [0.1, 0.15) is 95.6 Å². The van der Waals surface area contributed by atoms with Gasteiger partial charge < -0.3 is 89.7 Å². The Kier molecular flexibility index (Phi) is 40.1. The summed E-state index contributed by atoms with van der Waals surface area (Å²) in [6, 6.07) is 0. The molecule has 0 saturated heterocycles. The van der Waals surface area contributed by atoms with E-state index in [-0.39, 0.29) is 21.1 Å². The molecule has 3 atom stereocenters. The van der Waals surface area contributed by atoms with Gasteiger partial charge in [0, 0.05) is 21.1 Å². The Morgan fingerprint density at radius 3 is 0.879 bits per heavy atom. The minimum Gasteiger partial charge on any atom is -0.547 e. The van der Waals surface area contributed by atoms with Crippen molar-refractivity contribution in [2.45, 2.75) is 96.9 Å². The summed E-state index contributed by atoms with van der Waals surface area (Å²) >= 11 is 0. The first-order chi connectivity index (χ1) is 26.9. The Morgan fingerprint density at radius 2 is 0.741 bits per heavy atom. The van der Waals surface area contributed by atoms with Crippen LogP contribution in [-0.2, 0) is 49.8 Å². The van der Waals surface area contributed by atoms with Gasteiger partial charge in [-0.2, -0.15) is 0 Å². The number of carboxylic acids is 6. The molecule has 3 rings (SSSR count). The third-order valence-corrected chi connectivity index (χ3v) is 6.06. The maximum Gasteiger partial charge on any atom is 0.0933 e. The van der Waals surface area contributed by atoms with Gasteiger partial charge in [-0.15, -0.1) is 0 Å². The molecule has 0 radical (unpaired) electrons. The number of aliphatic hydroxyl groups excluding tert-OH is 3. The minimum absolute atomic E-state index is 0. The number of nitrogens with one attached hydrogen (secondary N) is 3. The van der Waals surface area contributed by atoms with Crippen molar-refractivity contribution in [3.63, 3.8) is 0 Å². The first-order valence-corrected chi connectivity index (χ1v) is 17.2. The van der Waals surface area contributed by atoms with E-state index in [2.05, 4.69) is 29.9 Å². The standard InChI is InChI=1S/3C6H6N2O2.3C6H12O3.Mo/c3*9-6(10)2-1-5-3-7-4-8-5;3*1-2-3-4-5(7)6(8)9;/h3*1-4H,(H,7,8)(H,9,10);3*5,7H,2-4H2,1H3,(H,8,9);/p-6. The number of hydrogen-bond donors (Lipinski definition) is 6. The van der Waals surface area contributed by atoms with E-state index in [9.17, 15) is 59.4 Å². The maximum absolute atomic E-state index is 9.86. The SMILES string of the molecule is CCCCC(O)C(=O)[O-].CCCCC(O)C(=O)[O-].CCCCC(O)C(=O)[O-].O=C([O-])C=Cc1cnc[nH]1.O=C([O-])C=Cc1cnc[nH]1.O=C([O-])C=Cc1cnc[nH]1.[Mo]. The number of rotatable bonds is 18. The summed E-state index contributed by atoms with van der Waals surface area (Å²) in [5.74, 6) is -7.76. The van der Waals surface area contributed by atoms with Crippen LogP contribution in [0.25, 0.3) is 18.2 Å². The van der Waals surface area contributed by atoms with Crippen molar-refractivity contribution in [2.75, 3.05) is 0 Å². The molecule has 0 aromatic carbocycles. The van der Waals surface area contributed by atoms with Gasteiger partial charge in [0.2, 0.25) is 0 Å². The van der Waals surface area contributed by atoms with Gasteiger partial charge in [-0.05, 0) is 55.7 Å². The fourth-order valence-corrected chi connectivity index (χ4v) is 3.09. The molecule has 0 amide bonds. The second-order valence-electron chi connectivity index (χ2n) is 10.9. The molecule has 0 bridgehead atoms. The number of unbranched alkanes of at least 4 members (excludes halogenated alkanes) is 3. The Hall–Kier alpha value is -5.76. The van der Waals surface area contributed by atoms with Crippen LogP contribution in [0.15, 0.2) is 55.8 Å².